The molecule has 0 unspecified atom stereocenters. The largest absolute Gasteiger partial charge is 0.428 e. The molecular formula is C10H11N4O3+. The zero-order valence-corrected chi connectivity index (χ0v) is 9.04. The van der Waals surface area contributed by atoms with Crippen LogP contribution in [0, 0.1) is 11.8 Å². The maximum atomic E-state index is 12.0. The number of nitrogens with one attached hydrogen (secondary N) is 1. The van der Waals surface area contributed by atoms with Gasteiger partial charge in [0.05, 0.1) is 4.43 Å². The molecule has 0 aliphatic heterocycles. The van der Waals surface area contributed by atoms with E-state index >= 15 is 0 Å². The lowest BCUT2D eigenvalue weighted by molar-refractivity contribution is -0.469. The third-order valence-electron chi connectivity index (χ3n) is 2.54. The molecule has 1 aromatic carbocycles. The standard InChI is InChI=1S/C10H10N4O3/c1-6-9(10(15)12-11)14(17)8-5-3-2-4-7(8)13(6)16/h2-5,16H,11H2,1H3/p+1. The molecule has 0 aliphatic rings. The Morgan fingerprint density at radius 2 is 2.12 bits per heavy atom. The van der Waals surface area contributed by atoms with Crippen LogP contribution >= 0.6 is 0 Å². The van der Waals surface area contributed by atoms with Crippen molar-refractivity contribution in [3.05, 3.63) is 40.6 Å². The van der Waals surface area contributed by atoms with Gasteiger partial charge < -0.3 is 5.21 Å². The zero-order chi connectivity index (χ0) is 12.6. The monoisotopic (exact) mass is 235 g/mol. The van der Waals surface area contributed by atoms with E-state index in [1.807, 2.05) is 5.43 Å². The third-order valence-corrected chi connectivity index (χ3v) is 2.54. The highest BCUT2D eigenvalue weighted by Gasteiger charge is 2.27. The van der Waals surface area contributed by atoms with Gasteiger partial charge >= 0.3 is 11.6 Å². The summed E-state index contributed by atoms with van der Waals surface area (Å²) in [6, 6.07) is 6.38. The number of benzene rings is 1. The van der Waals surface area contributed by atoms with E-state index in [4.69, 9.17) is 5.84 Å². The summed E-state index contributed by atoms with van der Waals surface area (Å²) in [5.74, 6) is 4.24. The number of nitrogen functional groups attached to an aromatic ring is 1. The lowest BCUT2D eigenvalue weighted by atomic mass is 10.2. The van der Waals surface area contributed by atoms with Crippen molar-refractivity contribution in [1.29, 1.82) is 0 Å². The Morgan fingerprint density at radius 1 is 1.47 bits per heavy atom. The van der Waals surface area contributed by atoms with Crippen molar-refractivity contribution in [2.75, 3.05) is 0 Å². The lowest BCUT2D eigenvalue weighted by Gasteiger charge is -2.04. The van der Waals surface area contributed by atoms with Gasteiger partial charge in [-0.05, 0) is 13.0 Å². The molecule has 4 N–H and O–H groups in total. The maximum absolute atomic E-state index is 12.0. The number of hydrogen-bond donors (Lipinski definition) is 3. The average molecular weight is 235 g/mol. The molecule has 0 fully saturated rings. The van der Waals surface area contributed by atoms with E-state index in [1.54, 1.807) is 18.2 Å². The molecule has 7 nitrogen and oxygen atoms in total. The minimum absolute atomic E-state index is 0.113. The smallest absolute Gasteiger partial charge is 0.351 e. The molecule has 2 aromatic rings. The first kappa shape index (κ1) is 11.1. The number of nitrogens with two attached hydrogens (primary N) is 1. The van der Waals surface area contributed by atoms with Gasteiger partial charge in [-0.25, -0.2) is 5.84 Å². The first-order valence-electron chi connectivity index (χ1n) is 4.85. The Kier molecular flexibility index (Phi) is 2.52. The van der Waals surface area contributed by atoms with Gasteiger partial charge in [0, 0.05) is 11.0 Å². The van der Waals surface area contributed by atoms with Crippen LogP contribution in [0.2, 0.25) is 0 Å². The summed E-state index contributed by atoms with van der Waals surface area (Å²) >= 11 is 0. The molecule has 1 heterocycles. The van der Waals surface area contributed by atoms with Crippen molar-refractivity contribution < 1.29 is 14.4 Å². The molecule has 17 heavy (non-hydrogen) atoms. The molecule has 0 atom stereocenters. The molecule has 1 amide bonds. The normalized spacial score (nSPS) is 10.5. The Balaban J connectivity index is 2.97. The highest BCUT2D eigenvalue weighted by atomic mass is 16.5. The van der Waals surface area contributed by atoms with Gasteiger partial charge in [-0.15, -0.1) is 0 Å². The second-order valence-electron chi connectivity index (χ2n) is 3.50. The fraction of sp³-hybridized carbons (Fsp3) is 0.100. The summed E-state index contributed by atoms with van der Waals surface area (Å²) in [6.45, 7) is 1.45. The summed E-state index contributed by atoms with van der Waals surface area (Å²) in [5.41, 5.74) is 2.23. The van der Waals surface area contributed by atoms with Crippen LogP contribution in [0.5, 0.6) is 0 Å². The van der Waals surface area contributed by atoms with Crippen LogP contribution in [0.1, 0.15) is 16.2 Å². The second-order valence-corrected chi connectivity index (χ2v) is 3.50. The van der Waals surface area contributed by atoms with Gasteiger partial charge in [0.15, 0.2) is 5.52 Å². The van der Waals surface area contributed by atoms with E-state index in [0.29, 0.717) is 9.94 Å². The molecule has 1 aromatic heterocycles. The molecule has 7 heteroatoms. The number of carbonyl (C=O) groups is 1. The van der Waals surface area contributed by atoms with E-state index in [-0.39, 0.29) is 16.9 Å². The SMILES string of the molecule is Cc1c(C(=O)NN)[n+](=O)c2ccccc2n1O. The number of aromatic nitrogens is 2. The van der Waals surface area contributed by atoms with Crippen LogP contribution < -0.4 is 15.7 Å². The molecule has 0 saturated heterocycles. The van der Waals surface area contributed by atoms with Crippen LogP contribution in [0.15, 0.2) is 24.3 Å². The fourth-order valence-corrected chi connectivity index (χ4v) is 1.69. The van der Waals surface area contributed by atoms with E-state index in [1.165, 1.54) is 13.0 Å². The molecule has 2 rings (SSSR count). The number of fused-ring (bicyclic) bond motifs is 1. The Labute approximate surface area is 95.6 Å². The van der Waals surface area contributed by atoms with Gasteiger partial charge in [-0.1, -0.05) is 12.1 Å². The van der Waals surface area contributed by atoms with Crippen LogP contribution in [0.4, 0.5) is 0 Å². The summed E-state index contributed by atoms with van der Waals surface area (Å²) < 4.78 is 1.23. The van der Waals surface area contributed by atoms with Gasteiger partial charge in [0.2, 0.25) is 0 Å². The molecule has 0 aliphatic carbocycles. The van der Waals surface area contributed by atoms with Crippen LogP contribution in [-0.2, 0) is 0 Å². The Morgan fingerprint density at radius 3 is 2.76 bits per heavy atom. The number of hydrogen-bond acceptors (Lipinski definition) is 4. The van der Waals surface area contributed by atoms with Crippen LogP contribution in [0.3, 0.4) is 0 Å². The van der Waals surface area contributed by atoms with Crippen molar-refractivity contribution in [3.63, 3.8) is 0 Å². The molecule has 0 bridgehead atoms. The number of para-hydroxylation sites is 2. The van der Waals surface area contributed by atoms with Crippen LogP contribution in [0.25, 0.3) is 11.0 Å². The van der Waals surface area contributed by atoms with Gasteiger partial charge in [0.25, 0.3) is 5.52 Å². The quantitative estimate of drug-likeness (QED) is 0.208. The number of amides is 1. The number of nitrogens with zero attached hydrogens (tertiary/aromatic N) is 2. The first-order chi connectivity index (χ1) is 8.07. The van der Waals surface area contributed by atoms with Crippen molar-refractivity contribution in [3.8, 4) is 0 Å². The molecule has 0 spiro atoms. The summed E-state index contributed by atoms with van der Waals surface area (Å²) in [5, 5.41) is 9.85. The highest BCUT2D eigenvalue weighted by Crippen LogP contribution is 2.12. The zero-order valence-electron chi connectivity index (χ0n) is 9.04. The lowest BCUT2D eigenvalue weighted by Crippen LogP contribution is -2.39. The van der Waals surface area contributed by atoms with E-state index in [9.17, 15) is 14.9 Å². The van der Waals surface area contributed by atoms with E-state index in [0.717, 1.165) is 4.73 Å². The Hall–Kier alpha value is -2.41. The fourth-order valence-electron chi connectivity index (χ4n) is 1.69. The molecular weight excluding hydrogens is 224 g/mol. The second kappa shape index (κ2) is 3.87. The van der Waals surface area contributed by atoms with E-state index in [2.05, 4.69) is 0 Å². The number of rotatable bonds is 1. The average Bonchev–Trinajstić information content (AvgIpc) is 2.36. The van der Waals surface area contributed by atoms with Crippen molar-refractivity contribution in [2.24, 2.45) is 5.84 Å². The maximum Gasteiger partial charge on any atom is 0.351 e. The van der Waals surface area contributed by atoms with Crippen molar-refractivity contribution >= 4 is 16.9 Å². The minimum atomic E-state index is -0.758. The third kappa shape index (κ3) is 1.53. The minimum Gasteiger partial charge on any atom is -0.428 e. The highest BCUT2D eigenvalue weighted by molar-refractivity contribution is 5.92. The summed E-state index contributed by atoms with van der Waals surface area (Å²) in [7, 11) is 0. The van der Waals surface area contributed by atoms with Crippen LogP contribution in [-0.4, -0.2) is 15.8 Å². The number of hydrazine groups is 1. The molecule has 88 valence electrons. The molecule has 0 saturated carbocycles. The van der Waals surface area contributed by atoms with Gasteiger partial charge in [0.1, 0.15) is 5.69 Å². The van der Waals surface area contributed by atoms with Gasteiger partial charge in [-0.2, -0.15) is 4.73 Å². The topological polar surface area (TPSA) is 103 Å². The van der Waals surface area contributed by atoms with Gasteiger partial charge in [-0.3, -0.25) is 10.2 Å². The Bertz CT molecular complexity index is 662. The summed E-state index contributed by atoms with van der Waals surface area (Å²) in [4.78, 5) is 23.4. The van der Waals surface area contributed by atoms with Crippen molar-refractivity contribution in [2.45, 2.75) is 6.92 Å². The number of carbonyl (C=O) groups excluding carboxylic acids is 1. The molecule has 0 radical (unpaired) electrons. The first-order valence-corrected chi connectivity index (χ1v) is 4.85. The van der Waals surface area contributed by atoms with Crippen molar-refractivity contribution in [1.82, 2.24) is 10.2 Å². The predicted octanol–water partition coefficient (Wildman–Crippen LogP) is -0.295. The van der Waals surface area contributed by atoms with E-state index < -0.39 is 5.91 Å². The predicted molar refractivity (Wildman–Crippen MR) is 58.9 cm³/mol. The summed E-state index contributed by atoms with van der Waals surface area (Å²) in [6.07, 6.45) is 0.